The van der Waals surface area contributed by atoms with Crippen molar-refractivity contribution in [2.24, 2.45) is 0 Å². The number of anilines is 1. The Hall–Kier alpha value is -2.11. The number of para-hydroxylation sites is 1. The summed E-state index contributed by atoms with van der Waals surface area (Å²) >= 11 is 3.30. The number of hydrogen-bond acceptors (Lipinski definition) is 4. The van der Waals surface area contributed by atoms with E-state index >= 15 is 0 Å². The lowest BCUT2D eigenvalue weighted by atomic mass is 10.1. The predicted octanol–water partition coefficient (Wildman–Crippen LogP) is 2.99. The number of nitrogens with zero attached hydrogens (tertiary/aromatic N) is 2. The summed E-state index contributed by atoms with van der Waals surface area (Å²) in [6.45, 7) is 1.45. The van der Waals surface area contributed by atoms with Crippen LogP contribution in [0.3, 0.4) is 0 Å². The van der Waals surface area contributed by atoms with Gasteiger partial charge in [-0.15, -0.1) is 0 Å². The summed E-state index contributed by atoms with van der Waals surface area (Å²) in [6, 6.07) is 8.63. The van der Waals surface area contributed by atoms with Crippen LogP contribution in [0, 0.1) is 22.7 Å². The van der Waals surface area contributed by atoms with E-state index in [1.54, 1.807) is 30.3 Å². The third-order valence-corrected chi connectivity index (χ3v) is 2.66. The maximum absolute atomic E-state index is 11.4. The number of benzene rings is 1. The molecule has 0 fully saturated rings. The molecule has 0 aliphatic carbocycles. The highest BCUT2D eigenvalue weighted by Gasteiger charge is 2.09. The van der Waals surface area contributed by atoms with Crippen LogP contribution in [-0.4, -0.2) is 5.78 Å². The Morgan fingerprint density at radius 3 is 2.59 bits per heavy atom. The Morgan fingerprint density at radius 2 is 2.06 bits per heavy atom. The molecule has 1 aromatic carbocycles. The molecule has 0 atom stereocenters. The molecule has 5 heteroatoms. The number of Topliss-reactive ketones (excluding diaryl/α,β-unsaturated/α-hetero) is 1. The van der Waals surface area contributed by atoms with Gasteiger partial charge in [-0.1, -0.05) is 6.07 Å². The zero-order chi connectivity index (χ0) is 12.8. The standard InChI is InChI=1S/C12H8BrN3O/c1-8(17)10-3-2-4-11(13)12(10)16-7-9(5-14)6-15/h2-4,7,16H,1H3. The lowest BCUT2D eigenvalue weighted by Crippen LogP contribution is -2.01. The highest BCUT2D eigenvalue weighted by atomic mass is 79.9. The van der Waals surface area contributed by atoms with Crippen LogP contribution in [0.2, 0.25) is 0 Å². The predicted molar refractivity (Wildman–Crippen MR) is 67.1 cm³/mol. The molecule has 1 N–H and O–H groups in total. The molecular formula is C12H8BrN3O. The van der Waals surface area contributed by atoms with Crippen molar-refractivity contribution < 1.29 is 4.79 Å². The summed E-state index contributed by atoms with van der Waals surface area (Å²) in [4.78, 5) is 11.4. The zero-order valence-electron chi connectivity index (χ0n) is 8.99. The van der Waals surface area contributed by atoms with Gasteiger partial charge >= 0.3 is 0 Å². The van der Waals surface area contributed by atoms with Crippen molar-refractivity contribution in [2.75, 3.05) is 5.32 Å². The van der Waals surface area contributed by atoms with Gasteiger partial charge in [0.1, 0.15) is 17.7 Å². The van der Waals surface area contributed by atoms with E-state index in [-0.39, 0.29) is 11.4 Å². The minimum Gasteiger partial charge on any atom is -0.358 e. The van der Waals surface area contributed by atoms with Crippen LogP contribution < -0.4 is 5.32 Å². The van der Waals surface area contributed by atoms with E-state index in [0.29, 0.717) is 15.7 Å². The van der Waals surface area contributed by atoms with Crippen LogP contribution in [0.4, 0.5) is 5.69 Å². The fourth-order valence-electron chi connectivity index (χ4n) is 1.20. The minimum absolute atomic E-state index is 0.0599. The molecule has 0 radical (unpaired) electrons. The molecule has 84 valence electrons. The van der Waals surface area contributed by atoms with Gasteiger partial charge in [-0.25, -0.2) is 0 Å². The van der Waals surface area contributed by atoms with Crippen LogP contribution in [0.15, 0.2) is 34.4 Å². The van der Waals surface area contributed by atoms with Crippen molar-refractivity contribution in [3.8, 4) is 12.1 Å². The first-order valence-electron chi connectivity index (χ1n) is 4.66. The topological polar surface area (TPSA) is 76.7 Å². The molecule has 0 saturated carbocycles. The average Bonchev–Trinajstić information content (AvgIpc) is 2.31. The van der Waals surface area contributed by atoms with E-state index in [4.69, 9.17) is 10.5 Å². The molecule has 0 unspecified atom stereocenters. The minimum atomic E-state index is -0.0994. The zero-order valence-corrected chi connectivity index (χ0v) is 10.6. The smallest absolute Gasteiger partial charge is 0.161 e. The molecule has 0 amide bonds. The summed E-state index contributed by atoms with van der Waals surface area (Å²) < 4.78 is 0.691. The molecule has 0 bridgehead atoms. The molecule has 0 aliphatic rings. The van der Waals surface area contributed by atoms with Crippen molar-refractivity contribution in [1.29, 1.82) is 10.5 Å². The van der Waals surface area contributed by atoms with E-state index in [9.17, 15) is 4.79 Å². The number of halogens is 1. The Labute approximate surface area is 107 Å². The molecule has 17 heavy (non-hydrogen) atoms. The summed E-state index contributed by atoms with van der Waals surface area (Å²) in [5.74, 6) is -0.0994. The van der Waals surface area contributed by atoms with E-state index in [1.807, 2.05) is 0 Å². The van der Waals surface area contributed by atoms with Crippen molar-refractivity contribution in [1.82, 2.24) is 0 Å². The average molecular weight is 290 g/mol. The molecule has 4 nitrogen and oxygen atoms in total. The van der Waals surface area contributed by atoms with Crippen molar-refractivity contribution in [3.63, 3.8) is 0 Å². The number of allylic oxidation sites excluding steroid dienone is 1. The maximum Gasteiger partial charge on any atom is 0.161 e. The molecule has 0 heterocycles. The quantitative estimate of drug-likeness (QED) is 0.685. The second-order valence-electron chi connectivity index (χ2n) is 3.14. The summed E-state index contributed by atoms with van der Waals surface area (Å²) in [5, 5.41) is 20.0. The largest absolute Gasteiger partial charge is 0.358 e. The fraction of sp³-hybridized carbons (Fsp3) is 0.0833. The van der Waals surface area contributed by atoms with Crippen LogP contribution in [0.25, 0.3) is 0 Å². The first kappa shape index (κ1) is 13.0. The van der Waals surface area contributed by atoms with E-state index in [2.05, 4.69) is 21.2 Å². The van der Waals surface area contributed by atoms with Gasteiger partial charge in [-0.05, 0) is 35.0 Å². The van der Waals surface area contributed by atoms with Gasteiger partial charge < -0.3 is 5.32 Å². The molecule has 0 aromatic heterocycles. The fourth-order valence-corrected chi connectivity index (χ4v) is 1.68. The van der Waals surface area contributed by atoms with Crippen molar-refractivity contribution >= 4 is 27.4 Å². The molecule has 0 spiro atoms. The number of hydrogen-bond donors (Lipinski definition) is 1. The molecule has 1 aromatic rings. The van der Waals surface area contributed by atoms with Gasteiger partial charge in [0.15, 0.2) is 5.78 Å². The Bertz CT molecular complexity index is 548. The van der Waals surface area contributed by atoms with Crippen LogP contribution in [0.5, 0.6) is 0 Å². The Kier molecular flexibility index (Phi) is 4.45. The highest BCUT2D eigenvalue weighted by molar-refractivity contribution is 9.10. The lowest BCUT2D eigenvalue weighted by Gasteiger charge is -2.08. The molecule has 1 rings (SSSR count). The maximum atomic E-state index is 11.4. The Balaban J connectivity index is 3.16. The highest BCUT2D eigenvalue weighted by Crippen LogP contribution is 2.27. The number of carbonyl (C=O) groups is 1. The van der Waals surface area contributed by atoms with Crippen molar-refractivity contribution in [2.45, 2.75) is 6.92 Å². The monoisotopic (exact) mass is 289 g/mol. The molecule has 0 saturated heterocycles. The van der Waals surface area contributed by atoms with Crippen LogP contribution in [-0.2, 0) is 0 Å². The number of ketones is 1. The van der Waals surface area contributed by atoms with Crippen LogP contribution >= 0.6 is 15.9 Å². The summed E-state index contributed by atoms with van der Waals surface area (Å²) in [6.07, 6.45) is 1.27. The SMILES string of the molecule is CC(=O)c1cccc(Br)c1NC=C(C#N)C#N. The third-order valence-electron chi connectivity index (χ3n) is 1.99. The van der Waals surface area contributed by atoms with Crippen LogP contribution in [0.1, 0.15) is 17.3 Å². The first-order valence-corrected chi connectivity index (χ1v) is 5.45. The van der Waals surface area contributed by atoms with Gasteiger partial charge in [0, 0.05) is 16.2 Å². The van der Waals surface area contributed by atoms with E-state index < -0.39 is 0 Å². The second kappa shape index (κ2) is 5.83. The third kappa shape index (κ3) is 3.17. The number of rotatable bonds is 3. The summed E-state index contributed by atoms with van der Waals surface area (Å²) in [5.41, 5.74) is 0.976. The normalized spacial score (nSPS) is 8.71. The van der Waals surface area contributed by atoms with Crippen molar-refractivity contribution in [3.05, 3.63) is 40.0 Å². The lowest BCUT2D eigenvalue weighted by molar-refractivity contribution is 0.101. The first-order chi connectivity index (χ1) is 8.10. The van der Waals surface area contributed by atoms with Gasteiger partial charge in [0.05, 0.1) is 5.69 Å². The Morgan fingerprint density at radius 1 is 1.41 bits per heavy atom. The van der Waals surface area contributed by atoms with Gasteiger partial charge in [0.25, 0.3) is 0 Å². The molecule has 0 aliphatic heterocycles. The van der Waals surface area contributed by atoms with E-state index in [0.717, 1.165) is 0 Å². The second-order valence-corrected chi connectivity index (χ2v) is 4.00. The number of nitriles is 2. The van der Waals surface area contributed by atoms with Gasteiger partial charge in [-0.2, -0.15) is 10.5 Å². The number of carbonyl (C=O) groups excluding carboxylic acids is 1. The summed E-state index contributed by atoms with van der Waals surface area (Å²) in [7, 11) is 0. The molecular weight excluding hydrogens is 282 g/mol. The van der Waals surface area contributed by atoms with Gasteiger partial charge in [-0.3, -0.25) is 4.79 Å². The van der Waals surface area contributed by atoms with E-state index in [1.165, 1.54) is 13.1 Å². The number of nitrogens with one attached hydrogen (secondary N) is 1. The van der Waals surface area contributed by atoms with Gasteiger partial charge in [0.2, 0.25) is 0 Å².